The van der Waals surface area contributed by atoms with Crippen molar-refractivity contribution < 1.29 is 14.7 Å². The third-order valence-electron chi connectivity index (χ3n) is 3.31. The molecule has 2 atom stereocenters. The molecule has 1 aromatic heterocycles. The number of amides is 1. The Balaban J connectivity index is 2.06. The van der Waals surface area contributed by atoms with Crippen LogP contribution >= 0.6 is 23.1 Å². The fourth-order valence-corrected chi connectivity index (χ4v) is 5.27. The van der Waals surface area contributed by atoms with Crippen molar-refractivity contribution in [2.24, 2.45) is 0 Å². The van der Waals surface area contributed by atoms with Crippen LogP contribution in [0.5, 0.6) is 0 Å². The van der Waals surface area contributed by atoms with Gasteiger partial charge in [-0.3, -0.25) is 4.79 Å². The zero-order chi connectivity index (χ0) is 12.0. The van der Waals surface area contributed by atoms with E-state index in [1.54, 1.807) is 23.1 Å². The standard InChI is InChI=1S/C11H11NO3S2/c13-9-3-4-11(8-2-1-5-16-8)12(9)7(6-17-11)10(14)15/h1-2,5,7H,3-4,6H2,(H,14,15)/p-1/t7-,11-/m0/s1. The van der Waals surface area contributed by atoms with Gasteiger partial charge < -0.3 is 14.8 Å². The number of hydrogen-bond donors (Lipinski definition) is 0. The first kappa shape index (κ1) is 11.1. The maximum atomic E-state index is 11.9. The summed E-state index contributed by atoms with van der Waals surface area (Å²) in [7, 11) is 0. The van der Waals surface area contributed by atoms with Crippen LogP contribution in [0.4, 0.5) is 0 Å². The molecule has 1 aromatic rings. The van der Waals surface area contributed by atoms with Crippen molar-refractivity contribution in [3.63, 3.8) is 0 Å². The molecular weight excluding hydrogens is 258 g/mol. The van der Waals surface area contributed by atoms with E-state index in [1.807, 2.05) is 17.5 Å². The van der Waals surface area contributed by atoms with Crippen LogP contribution in [-0.2, 0) is 14.5 Å². The molecule has 2 aliphatic heterocycles. The Morgan fingerprint density at radius 3 is 3.06 bits per heavy atom. The van der Waals surface area contributed by atoms with Crippen molar-refractivity contribution in [3.05, 3.63) is 22.4 Å². The molecule has 3 heterocycles. The van der Waals surface area contributed by atoms with E-state index >= 15 is 0 Å². The zero-order valence-electron chi connectivity index (χ0n) is 8.92. The Morgan fingerprint density at radius 2 is 2.41 bits per heavy atom. The summed E-state index contributed by atoms with van der Waals surface area (Å²) in [5.74, 6) is -0.796. The third-order valence-corrected chi connectivity index (χ3v) is 6.04. The number of carbonyl (C=O) groups is 2. The number of nitrogens with zero attached hydrogens (tertiary/aromatic N) is 1. The predicted molar refractivity (Wildman–Crippen MR) is 63.3 cm³/mol. The lowest BCUT2D eigenvalue weighted by Crippen LogP contribution is -2.50. The van der Waals surface area contributed by atoms with Gasteiger partial charge in [-0.2, -0.15) is 0 Å². The van der Waals surface area contributed by atoms with Crippen molar-refractivity contribution in [1.29, 1.82) is 0 Å². The molecule has 17 heavy (non-hydrogen) atoms. The number of fused-ring (bicyclic) bond motifs is 1. The van der Waals surface area contributed by atoms with Gasteiger partial charge in [-0.05, 0) is 17.9 Å². The van der Waals surface area contributed by atoms with Gasteiger partial charge in [0.15, 0.2) is 0 Å². The lowest BCUT2D eigenvalue weighted by atomic mass is 10.1. The van der Waals surface area contributed by atoms with Gasteiger partial charge in [0.2, 0.25) is 5.91 Å². The molecule has 0 spiro atoms. The van der Waals surface area contributed by atoms with E-state index in [0.29, 0.717) is 18.6 Å². The fraction of sp³-hybridized carbons (Fsp3) is 0.455. The lowest BCUT2D eigenvalue weighted by Gasteiger charge is -2.33. The number of rotatable bonds is 2. The maximum Gasteiger partial charge on any atom is 0.224 e. The van der Waals surface area contributed by atoms with Crippen LogP contribution in [0, 0.1) is 0 Å². The lowest BCUT2D eigenvalue weighted by molar-refractivity contribution is -0.310. The fourth-order valence-electron chi connectivity index (χ4n) is 2.56. The van der Waals surface area contributed by atoms with Crippen molar-refractivity contribution in [3.8, 4) is 0 Å². The summed E-state index contributed by atoms with van der Waals surface area (Å²) in [5.41, 5.74) is 0. The highest BCUT2D eigenvalue weighted by Gasteiger charge is 2.55. The SMILES string of the molecule is O=C([O-])[C@@H]1CS[C@]2(c3cccs3)CCC(=O)N12. The molecule has 0 N–H and O–H groups in total. The first-order valence-corrected chi connectivity index (χ1v) is 7.23. The summed E-state index contributed by atoms with van der Waals surface area (Å²) in [6.45, 7) is 0. The van der Waals surface area contributed by atoms with Gasteiger partial charge in [-0.1, -0.05) is 6.07 Å². The van der Waals surface area contributed by atoms with Gasteiger partial charge in [0.1, 0.15) is 4.87 Å². The molecule has 2 aliphatic rings. The minimum absolute atomic E-state index is 0.0717. The molecule has 2 fully saturated rings. The summed E-state index contributed by atoms with van der Waals surface area (Å²) in [6.07, 6.45) is 1.12. The number of thiophene rings is 1. The van der Waals surface area contributed by atoms with Crippen LogP contribution in [0.2, 0.25) is 0 Å². The van der Waals surface area contributed by atoms with Gasteiger partial charge in [-0.25, -0.2) is 0 Å². The quantitative estimate of drug-likeness (QED) is 0.778. The molecule has 1 amide bonds. The van der Waals surface area contributed by atoms with Crippen LogP contribution in [0.3, 0.4) is 0 Å². The molecule has 0 aromatic carbocycles. The van der Waals surface area contributed by atoms with Crippen LogP contribution in [0.25, 0.3) is 0 Å². The molecule has 0 radical (unpaired) electrons. The summed E-state index contributed by atoms with van der Waals surface area (Å²) in [5, 5.41) is 13.0. The number of carboxylic acid groups (broad SMARTS) is 1. The first-order chi connectivity index (χ1) is 8.15. The normalized spacial score (nSPS) is 31.9. The average molecular weight is 268 g/mol. The molecule has 3 rings (SSSR count). The molecule has 6 heteroatoms. The van der Waals surface area contributed by atoms with Gasteiger partial charge in [0.05, 0.1) is 12.0 Å². The van der Waals surface area contributed by atoms with Crippen molar-refractivity contribution >= 4 is 35.0 Å². The van der Waals surface area contributed by atoms with Crippen molar-refractivity contribution in [2.45, 2.75) is 23.8 Å². The number of hydrogen-bond acceptors (Lipinski definition) is 5. The van der Waals surface area contributed by atoms with Crippen molar-refractivity contribution in [1.82, 2.24) is 4.90 Å². The van der Waals surface area contributed by atoms with E-state index < -0.39 is 16.9 Å². The van der Waals surface area contributed by atoms with Gasteiger partial charge in [0, 0.05) is 17.1 Å². The Bertz CT molecular complexity index is 473. The van der Waals surface area contributed by atoms with E-state index in [2.05, 4.69) is 0 Å². The maximum absolute atomic E-state index is 11.9. The molecule has 4 nitrogen and oxygen atoms in total. The largest absolute Gasteiger partial charge is 0.548 e. The second-order valence-electron chi connectivity index (χ2n) is 4.17. The minimum Gasteiger partial charge on any atom is -0.548 e. The average Bonchev–Trinajstić information content (AvgIpc) is 2.95. The van der Waals surface area contributed by atoms with Gasteiger partial charge in [-0.15, -0.1) is 23.1 Å². The summed E-state index contributed by atoms with van der Waals surface area (Å²) in [4.78, 5) is 25.1. The molecular formula is C11H10NO3S2-. The number of aliphatic carboxylic acids is 1. The smallest absolute Gasteiger partial charge is 0.224 e. The van der Waals surface area contributed by atoms with E-state index in [1.165, 1.54) is 4.90 Å². The summed E-state index contributed by atoms with van der Waals surface area (Å²) in [6, 6.07) is 3.13. The van der Waals surface area contributed by atoms with Gasteiger partial charge >= 0.3 is 0 Å². The minimum atomic E-state index is -1.15. The monoisotopic (exact) mass is 268 g/mol. The van der Waals surface area contributed by atoms with Crippen LogP contribution < -0.4 is 5.11 Å². The molecule has 0 aliphatic carbocycles. The highest BCUT2D eigenvalue weighted by molar-refractivity contribution is 8.00. The molecule has 2 saturated heterocycles. The van der Waals surface area contributed by atoms with Crippen LogP contribution in [0.1, 0.15) is 17.7 Å². The molecule has 0 saturated carbocycles. The number of thioether (sulfide) groups is 1. The zero-order valence-corrected chi connectivity index (χ0v) is 10.6. The Kier molecular flexibility index (Phi) is 2.45. The molecule has 0 bridgehead atoms. The third kappa shape index (κ3) is 1.43. The number of carboxylic acids is 1. The van der Waals surface area contributed by atoms with E-state index in [0.717, 1.165) is 4.88 Å². The first-order valence-electron chi connectivity index (χ1n) is 5.36. The topological polar surface area (TPSA) is 60.4 Å². The van der Waals surface area contributed by atoms with E-state index in [-0.39, 0.29) is 5.91 Å². The molecule has 0 unspecified atom stereocenters. The number of carbonyl (C=O) groups excluding carboxylic acids is 2. The Labute approximate surface area is 107 Å². The second kappa shape index (κ2) is 3.74. The highest BCUT2D eigenvalue weighted by atomic mass is 32.2. The van der Waals surface area contributed by atoms with Gasteiger partial charge in [0.25, 0.3) is 0 Å². The Morgan fingerprint density at radius 1 is 1.59 bits per heavy atom. The predicted octanol–water partition coefficient (Wildman–Crippen LogP) is 0.389. The second-order valence-corrected chi connectivity index (χ2v) is 6.42. The summed E-state index contributed by atoms with van der Waals surface area (Å²) >= 11 is 3.13. The summed E-state index contributed by atoms with van der Waals surface area (Å²) < 4.78 is 0. The molecule has 90 valence electrons. The highest BCUT2D eigenvalue weighted by Crippen LogP contribution is 2.55. The van der Waals surface area contributed by atoms with E-state index in [4.69, 9.17) is 0 Å². The Hall–Kier alpha value is -1.01. The van der Waals surface area contributed by atoms with E-state index in [9.17, 15) is 14.7 Å². The van der Waals surface area contributed by atoms with Crippen LogP contribution in [0.15, 0.2) is 17.5 Å². The van der Waals surface area contributed by atoms with Crippen molar-refractivity contribution in [2.75, 3.05) is 5.75 Å². The van der Waals surface area contributed by atoms with Crippen LogP contribution in [-0.4, -0.2) is 28.6 Å².